The summed E-state index contributed by atoms with van der Waals surface area (Å²) in [4.78, 5) is 0. The molecule has 0 aliphatic rings. The molecule has 86 valence electrons. The molecule has 0 aromatic rings. The number of hydrogen-bond donors (Lipinski definition) is 1. The van der Waals surface area contributed by atoms with Gasteiger partial charge in [0.25, 0.3) is 0 Å². The Bertz CT molecular complexity index is 224. The second-order valence-electron chi connectivity index (χ2n) is 3.96. The van der Waals surface area contributed by atoms with E-state index in [1.54, 1.807) is 6.92 Å². The average molecular weight is 221 g/mol. The highest BCUT2D eigenvalue weighted by Crippen LogP contribution is 2.11. The maximum Gasteiger partial charge on any atom is 0.211 e. The summed E-state index contributed by atoms with van der Waals surface area (Å²) in [6.07, 6.45) is 7.80. The van der Waals surface area contributed by atoms with Crippen LogP contribution in [0.1, 0.15) is 58.8 Å². The molecule has 0 bridgehead atoms. The summed E-state index contributed by atoms with van der Waals surface area (Å²) in [5.41, 5.74) is 0. The molecule has 1 unspecified atom stereocenters. The van der Waals surface area contributed by atoms with E-state index in [4.69, 9.17) is 5.14 Å². The van der Waals surface area contributed by atoms with E-state index in [0.717, 1.165) is 12.8 Å². The lowest BCUT2D eigenvalue weighted by molar-refractivity contribution is 0.556. The van der Waals surface area contributed by atoms with Crippen LogP contribution in [0.15, 0.2) is 0 Å². The van der Waals surface area contributed by atoms with Gasteiger partial charge in [-0.2, -0.15) is 0 Å². The number of hydrogen-bond acceptors (Lipinski definition) is 2. The Morgan fingerprint density at radius 3 is 2.07 bits per heavy atom. The molecular formula is C10H23NO2S. The van der Waals surface area contributed by atoms with E-state index >= 15 is 0 Å². The van der Waals surface area contributed by atoms with Crippen LogP contribution in [-0.4, -0.2) is 13.7 Å². The number of rotatable bonds is 8. The molecular weight excluding hydrogens is 198 g/mol. The molecule has 0 saturated heterocycles. The van der Waals surface area contributed by atoms with Gasteiger partial charge in [0, 0.05) is 0 Å². The van der Waals surface area contributed by atoms with Crippen molar-refractivity contribution in [1.29, 1.82) is 0 Å². The zero-order valence-electron chi connectivity index (χ0n) is 9.33. The van der Waals surface area contributed by atoms with Gasteiger partial charge in [-0.05, 0) is 13.3 Å². The van der Waals surface area contributed by atoms with E-state index in [1.807, 2.05) is 0 Å². The van der Waals surface area contributed by atoms with Crippen molar-refractivity contribution in [1.82, 2.24) is 0 Å². The molecule has 2 N–H and O–H groups in total. The third-order valence-electron chi connectivity index (χ3n) is 2.53. The zero-order chi connectivity index (χ0) is 11.0. The largest absolute Gasteiger partial charge is 0.228 e. The van der Waals surface area contributed by atoms with Gasteiger partial charge in [-0.3, -0.25) is 0 Å². The molecule has 0 heterocycles. The first-order chi connectivity index (χ1) is 6.48. The van der Waals surface area contributed by atoms with Crippen molar-refractivity contribution in [3.8, 4) is 0 Å². The molecule has 3 nitrogen and oxygen atoms in total. The Morgan fingerprint density at radius 2 is 1.57 bits per heavy atom. The molecule has 0 saturated carbocycles. The number of sulfonamides is 1. The molecule has 0 aliphatic heterocycles. The monoisotopic (exact) mass is 221 g/mol. The van der Waals surface area contributed by atoms with Gasteiger partial charge in [0.15, 0.2) is 0 Å². The summed E-state index contributed by atoms with van der Waals surface area (Å²) in [5.74, 6) is 0. The van der Waals surface area contributed by atoms with Crippen LogP contribution in [0, 0.1) is 0 Å². The third-order valence-corrected chi connectivity index (χ3v) is 3.88. The van der Waals surface area contributed by atoms with Crippen molar-refractivity contribution < 1.29 is 8.42 Å². The van der Waals surface area contributed by atoms with E-state index in [1.165, 1.54) is 25.7 Å². The molecule has 4 heteroatoms. The minimum Gasteiger partial charge on any atom is -0.228 e. The SMILES string of the molecule is CCCCCCCCC(C)S(N)(=O)=O. The smallest absolute Gasteiger partial charge is 0.211 e. The zero-order valence-corrected chi connectivity index (χ0v) is 10.1. The number of unbranched alkanes of at least 4 members (excludes halogenated alkanes) is 5. The van der Waals surface area contributed by atoms with Crippen LogP contribution < -0.4 is 5.14 Å². The highest BCUT2D eigenvalue weighted by atomic mass is 32.2. The Hall–Kier alpha value is -0.0900. The van der Waals surface area contributed by atoms with Crippen LogP contribution in [-0.2, 0) is 10.0 Å². The Labute approximate surface area is 88.1 Å². The van der Waals surface area contributed by atoms with E-state index in [-0.39, 0.29) is 5.25 Å². The van der Waals surface area contributed by atoms with Gasteiger partial charge in [0.2, 0.25) is 10.0 Å². The van der Waals surface area contributed by atoms with Crippen LogP contribution >= 0.6 is 0 Å². The second kappa shape index (κ2) is 7.23. The van der Waals surface area contributed by atoms with Gasteiger partial charge >= 0.3 is 0 Å². The first-order valence-electron chi connectivity index (χ1n) is 5.50. The van der Waals surface area contributed by atoms with Crippen LogP contribution in [0.3, 0.4) is 0 Å². The van der Waals surface area contributed by atoms with Gasteiger partial charge in [0.05, 0.1) is 5.25 Å². The minimum absolute atomic E-state index is 0.381. The Kier molecular flexibility index (Phi) is 7.19. The van der Waals surface area contributed by atoms with Crippen molar-refractivity contribution in [2.75, 3.05) is 0 Å². The highest BCUT2D eigenvalue weighted by molar-refractivity contribution is 7.89. The van der Waals surface area contributed by atoms with Crippen molar-refractivity contribution in [2.45, 2.75) is 64.0 Å². The molecule has 0 rings (SSSR count). The molecule has 0 spiro atoms. The van der Waals surface area contributed by atoms with Gasteiger partial charge in [-0.1, -0.05) is 45.4 Å². The highest BCUT2D eigenvalue weighted by Gasteiger charge is 2.14. The van der Waals surface area contributed by atoms with Crippen LogP contribution in [0.4, 0.5) is 0 Å². The molecule has 1 atom stereocenters. The van der Waals surface area contributed by atoms with Crippen LogP contribution in [0.25, 0.3) is 0 Å². The van der Waals surface area contributed by atoms with Crippen molar-refractivity contribution in [3.05, 3.63) is 0 Å². The topological polar surface area (TPSA) is 60.2 Å². The second-order valence-corrected chi connectivity index (χ2v) is 5.94. The predicted octanol–water partition coefficient (Wildman–Crippen LogP) is 2.41. The molecule has 0 aromatic carbocycles. The lowest BCUT2D eigenvalue weighted by atomic mass is 10.1. The summed E-state index contributed by atoms with van der Waals surface area (Å²) in [7, 11) is -3.30. The maximum absolute atomic E-state index is 10.9. The number of nitrogens with two attached hydrogens (primary N) is 1. The van der Waals surface area contributed by atoms with Crippen LogP contribution in [0.5, 0.6) is 0 Å². The molecule has 0 aromatic heterocycles. The summed E-state index contributed by atoms with van der Waals surface area (Å²) >= 11 is 0. The Morgan fingerprint density at radius 1 is 1.07 bits per heavy atom. The fourth-order valence-corrected chi connectivity index (χ4v) is 1.87. The first kappa shape index (κ1) is 13.9. The van der Waals surface area contributed by atoms with E-state index in [0.29, 0.717) is 6.42 Å². The van der Waals surface area contributed by atoms with E-state index < -0.39 is 10.0 Å². The molecule has 14 heavy (non-hydrogen) atoms. The van der Waals surface area contributed by atoms with E-state index in [9.17, 15) is 8.42 Å². The molecule has 0 aliphatic carbocycles. The fourth-order valence-electron chi connectivity index (χ4n) is 1.38. The summed E-state index contributed by atoms with van der Waals surface area (Å²) in [6.45, 7) is 3.87. The quantitative estimate of drug-likeness (QED) is 0.640. The summed E-state index contributed by atoms with van der Waals surface area (Å²) in [6, 6.07) is 0. The van der Waals surface area contributed by atoms with Crippen molar-refractivity contribution in [3.63, 3.8) is 0 Å². The lowest BCUT2D eigenvalue weighted by Crippen LogP contribution is -2.25. The standard InChI is InChI=1S/C10H23NO2S/c1-3-4-5-6-7-8-9-10(2)14(11,12)13/h10H,3-9H2,1-2H3,(H2,11,12,13). The third kappa shape index (κ3) is 7.33. The maximum atomic E-state index is 10.9. The van der Waals surface area contributed by atoms with Gasteiger partial charge < -0.3 is 0 Å². The van der Waals surface area contributed by atoms with Crippen molar-refractivity contribution >= 4 is 10.0 Å². The average Bonchev–Trinajstić information content (AvgIpc) is 2.09. The normalized spacial score (nSPS) is 14.2. The first-order valence-corrected chi connectivity index (χ1v) is 7.11. The van der Waals surface area contributed by atoms with Gasteiger partial charge in [-0.25, -0.2) is 13.6 Å². The summed E-state index contributed by atoms with van der Waals surface area (Å²) in [5, 5.41) is 4.63. The number of primary sulfonamides is 1. The molecule has 0 fully saturated rings. The lowest BCUT2D eigenvalue weighted by Gasteiger charge is -2.07. The van der Waals surface area contributed by atoms with Crippen LogP contribution in [0.2, 0.25) is 0 Å². The minimum atomic E-state index is -3.30. The summed E-state index contributed by atoms with van der Waals surface area (Å²) < 4.78 is 21.8. The fraction of sp³-hybridized carbons (Fsp3) is 1.00. The van der Waals surface area contributed by atoms with Gasteiger partial charge in [0.1, 0.15) is 0 Å². The Balaban J connectivity index is 3.37. The molecule has 0 amide bonds. The molecule has 0 radical (unpaired) electrons. The van der Waals surface area contributed by atoms with E-state index in [2.05, 4.69) is 6.92 Å². The predicted molar refractivity (Wildman–Crippen MR) is 60.6 cm³/mol. The van der Waals surface area contributed by atoms with Crippen molar-refractivity contribution in [2.24, 2.45) is 5.14 Å². The van der Waals surface area contributed by atoms with Gasteiger partial charge in [-0.15, -0.1) is 0 Å².